The van der Waals surface area contributed by atoms with Crippen LogP contribution < -0.4 is 4.90 Å². The van der Waals surface area contributed by atoms with Gasteiger partial charge in [-0.25, -0.2) is 0 Å². The molecule has 1 aromatic rings. The van der Waals surface area contributed by atoms with Crippen molar-refractivity contribution in [2.45, 2.75) is 39.5 Å². The minimum Gasteiger partial charge on any atom is -0.376 e. The standard InChI is InChI=1S/C19H25N3O/c1-3-11-21(12-4-2)15-17(14-20)19(23)22-13-7-9-16-8-5-6-10-18(16)22/h5-6,8,10,15H,3-4,7,9,11-13H2,1-2H3/b17-15-. The van der Waals surface area contributed by atoms with Crippen LogP contribution in [0.1, 0.15) is 38.7 Å². The number of amides is 1. The molecule has 0 N–H and O–H groups in total. The predicted molar refractivity (Wildman–Crippen MR) is 93.0 cm³/mol. The summed E-state index contributed by atoms with van der Waals surface area (Å²) in [5, 5.41) is 9.47. The van der Waals surface area contributed by atoms with E-state index in [2.05, 4.69) is 30.9 Å². The van der Waals surface area contributed by atoms with Crippen LogP contribution in [0.15, 0.2) is 36.0 Å². The molecular formula is C19H25N3O. The van der Waals surface area contributed by atoms with Crippen LogP contribution in [0.2, 0.25) is 0 Å². The summed E-state index contributed by atoms with van der Waals surface area (Å²) in [7, 11) is 0. The molecule has 1 aliphatic rings. The van der Waals surface area contributed by atoms with E-state index in [1.165, 1.54) is 5.56 Å². The van der Waals surface area contributed by atoms with E-state index in [9.17, 15) is 10.1 Å². The van der Waals surface area contributed by atoms with Gasteiger partial charge in [-0.1, -0.05) is 32.0 Å². The van der Waals surface area contributed by atoms with Gasteiger partial charge in [0, 0.05) is 31.5 Å². The molecule has 0 saturated carbocycles. The zero-order valence-electron chi connectivity index (χ0n) is 14.1. The van der Waals surface area contributed by atoms with Gasteiger partial charge in [0.25, 0.3) is 5.91 Å². The third kappa shape index (κ3) is 4.13. The molecule has 0 fully saturated rings. The number of para-hydroxylation sites is 1. The van der Waals surface area contributed by atoms with Crippen LogP contribution in [0.3, 0.4) is 0 Å². The average Bonchev–Trinajstić information content (AvgIpc) is 2.59. The first-order valence-electron chi connectivity index (χ1n) is 8.47. The first kappa shape index (κ1) is 17.1. The molecule has 0 aromatic heterocycles. The molecule has 2 rings (SSSR count). The van der Waals surface area contributed by atoms with Crippen molar-refractivity contribution in [3.63, 3.8) is 0 Å². The van der Waals surface area contributed by atoms with Gasteiger partial charge in [-0.2, -0.15) is 5.26 Å². The third-order valence-corrected chi connectivity index (χ3v) is 4.04. The molecular weight excluding hydrogens is 286 g/mol. The van der Waals surface area contributed by atoms with Gasteiger partial charge in [0.2, 0.25) is 0 Å². The highest BCUT2D eigenvalue weighted by molar-refractivity contribution is 6.08. The molecule has 0 atom stereocenters. The molecule has 1 aromatic carbocycles. The lowest BCUT2D eigenvalue weighted by Gasteiger charge is -2.29. The minimum absolute atomic E-state index is 0.183. The van der Waals surface area contributed by atoms with Crippen molar-refractivity contribution in [3.8, 4) is 6.07 Å². The SMILES string of the molecule is CCCN(/C=C(/C#N)C(=O)N1CCCc2ccccc21)CCC. The van der Waals surface area contributed by atoms with E-state index in [1.54, 1.807) is 11.1 Å². The Labute approximate surface area is 139 Å². The lowest BCUT2D eigenvalue weighted by molar-refractivity contribution is -0.114. The number of nitriles is 1. The molecule has 4 nitrogen and oxygen atoms in total. The molecule has 1 aliphatic heterocycles. The molecule has 1 amide bonds. The summed E-state index contributed by atoms with van der Waals surface area (Å²) in [4.78, 5) is 16.7. The topological polar surface area (TPSA) is 47.3 Å². The molecule has 4 heteroatoms. The van der Waals surface area contributed by atoms with Crippen molar-refractivity contribution >= 4 is 11.6 Å². The first-order valence-corrected chi connectivity index (χ1v) is 8.47. The average molecular weight is 311 g/mol. The van der Waals surface area contributed by atoms with Gasteiger partial charge in [0.05, 0.1) is 0 Å². The summed E-state index contributed by atoms with van der Waals surface area (Å²) >= 11 is 0. The quantitative estimate of drug-likeness (QED) is 0.597. The first-order chi connectivity index (χ1) is 11.2. The highest BCUT2D eigenvalue weighted by Gasteiger charge is 2.25. The lowest BCUT2D eigenvalue weighted by Crippen LogP contribution is -2.37. The van der Waals surface area contributed by atoms with Crippen molar-refractivity contribution in [2.75, 3.05) is 24.5 Å². The Morgan fingerprint density at radius 1 is 1.30 bits per heavy atom. The zero-order chi connectivity index (χ0) is 16.7. The van der Waals surface area contributed by atoms with Crippen LogP contribution in [-0.4, -0.2) is 30.4 Å². The summed E-state index contributed by atoms with van der Waals surface area (Å²) < 4.78 is 0. The van der Waals surface area contributed by atoms with Crippen LogP contribution in [0.25, 0.3) is 0 Å². The van der Waals surface area contributed by atoms with Crippen molar-refractivity contribution < 1.29 is 4.79 Å². The number of nitrogens with zero attached hydrogens (tertiary/aromatic N) is 3. The van der Waals surface area contributed by atoms with Gasteiger partial charge in [-0.3, -0.25) is 4.79 Å². The van der Waals surface area contributed by atoms with E-state index < -0.39 is 0 Å². The summed E-state index contributed by atoms with van der Waals surface area (Å²) in [6.07, 6.45) is 5.66. The molecule has 0 saturated heterocycles. The predicted octanol–water partition coefficient (Wildman–Crippen LogP) is 3.50. The second-order valence-electron chi connectivity index (χ2n) is 5.88. The van der Waals surface area contributed by atoms with E-state index in [4.69, 9.17) is 0 Å². The Balaban J connectivity index is 2.25. The maximum atomic E-state index is 12.8. The van der Waals surface area contributed by atoms with Crippen molar-refractivity contribution in [1.82, 2.24) is 4.90 Å². The van der Waals surface area contributed by atoms with Crippen LogP contribution >= 0.6 is 0 Å². The number of anilines is 1. The van der Waals surface area contributed by atoms with E-state index >= 15 is 0 Å². The van der Waals surface area contributed by atoms with Crippen molar-refractivity contribution in [3.05, 3.63) is 41.6 Å². The zero-order valence-corrected chi connectivity index (χ0v) is 14.1. The Kier molecular flexibility index (Phi) is 6.22. The van der Waals surface area contributed by atoms with Crippen LogP contribution in [0, 0.1) is 11.3 Å². The molecule has 23 heavy (non-hydrogen) atoms. The molecule has 0 bridgehead atoms. The van der Waals surface area contributed by atoms with E-state index in [1.807, 2.05) is 18.2 Å². The van der Waals surface area contributed by atoms with Gasteiger partial charge < -0.3 is 9.80 Å². The minimum atomic E-state index is -0.183. The number of rotatable bonds is 6. The van der Waals surface area contributed by atoms with E-state index in [0.29, 0.717) is 6.54 Å². The normalized spacial score (nSPS) is 14.1. The molecule has 1 heterocycles. The Morgan fingerprint density at radius 2 is 2.00 bits per heavy atom. The largest absolute Gasteiger partial charge is 0.376 e. The fraction of sp³-hybridized carbons (Fsp3) is 0.474. The van der Waals surface area contributed by atoms with Crippen LogP contribution in [0.5, 0.6) is 0 Å². The van der Waals surface area contributed by atoms with Gasteiger partial charge in [-0.05, 0) is 37.3 Å². The molecule has 0 aliphatic carbocycles. The molecule has 0 unspecified atom stereocenters. The second-order valence-corrected chi connectivity index (χ2v) is 5.88. The summed E-state index contributed by atoms with van der Waals surface area (Å²) in [6.45, 7) is 6.61. The highest BCUT2D eigenvalue weighted by atomic mass is 16.2. The highest BCUT2D eigenvalue weighted by Crippen LogP contribution is 2.27. The number of aryl methyl sites for hydroxylation is 1. The van der Waals surface area contributed by atoms with Gasteiger partial charge in [0.15, 0.2) is 0 Å². The number of hydrogen-bond acceptors (Lipinski definition) is 3. The third-order valence-electron chi connectivity index (χ3n) is 4.04. The van der Waals surface area contributed by atoms with Gasteiger partial charge >= 0.3 is 0 Å². The smallest absolute Gasteiger partial charge is 0.270 e. The summed E-state index contributed by atoms with van der Waals surface area (Å²) in [5.41, 5.74) is 2.36. The van der Waals surface area contributed by atoms with Crippen molar-refractivity contribution in [2.24, 2.45) is 0 Å². The van der Waals surface area contributed by atoms with Crippen LogP contribution in [0.4, 0.5) is 5.69 Å². The Bertz CT molecular complexity index is 609. The number of carbonyl (C=O) groups excluding carboxylic acids is 1. The molecule has 122 valence electrons. The number of hydrogen-bond donors (Lipinski definition) is 0. The Hall–Kier alpha value is -2.28. The molecule has 0 spiro atoms. The second kappa shape index (κ2) is 8.38. The van der Waals surface area contributed by atoms with E-state index in [0.717, 1.165) is 44.5 Å². The van der Waals surface area contributed by atoms with E-state index in [-0.39, 0.29) is 11.5 Å². The maximum absolute atomic E-state index is 12.8. The summed E-state index contributed by atoms with van der Waals surface area (Å²) in [5.74, 6) is -0.183. The van der Waals surface area contributed by atoms with Crippen molar-refractivity contribution in [1.29, 1.82) is 5.26 Å². The Morgan fingerprint density at radius 3 is 2.65 bits per heavy atom. The monoisotopic (exact) mass is 311 g/mol. The number of carbonyl (C=O) groups is 1. The number of benzene rings is 1. The fourth-order valence-corrected chi connectivity index (χ4v) is 3.02. The lowest BCUT2D eigenvalue weighted by atomic mass is 10.0. The molecule has 0 radical (unpaired) electrons. The van der Waals surface area contributed by atoms with Gasteiger partial charge in [0.1, 0.15) is 11.6 Å². The fourth-order valence-electron chi connectivity index (χ4n) is 3.02. The maximum Gasteiger partial charge on any atom is 0.270 e. The van der Waals surface area contributed by atoms with Crippen LogP contribution in [-0.2, 0) is 11.2 Å². The van der Waals surface area contributed by atoms with Gasteiger partial charge in [-0.15, -0.1) is 0 Å². The number of fused-ring (bicyclic) bond motifs is 1. The summed E-state index contributed by atoms with van der Waals surface area (Å²) in [6, 6.07) is 10.1.